The van der Waals surface area contributed by atoms with E-state index in [2.05, 4.69) is 18.7 Å². The zero-order chi connectivity index (χ0) is 20.9. The highest BCUT2D eigenvalue weighted by Gasteiger charge is 2.39. The zero-order valence-electron chi connectivity index (χ0n) is 18.2. The van der Waals surface area contributed by atoms with Gasteiger partial charge in [0.05, 0.1) is 6.54 Å². The fraction of sp³-hybridized carbons (Fsp3) is 0.696. The molecule has 1 aliphatic heterocycles. The highest BCUT2D eigenvalue weighted by atomic mass is 16.5. The number of nitrogens with zero attached hydrogens (tertiary/aromatic N) is 2. The van der Waals surface area contributed by atoms with E-state index in [0.29, 0.717) is 19.1 Å². The molecule has 1 aromatic carbocycles. The number of carbonyl (C=O) groups is 1. The predicted octanol–water partition coefficient (Wildman–Crippen LogP) is 2.54. The van der Waals surface area contributed by atoms with Crippen LogP contribution in [0.3, 0.4) is 0 Å². The quantitative estimate of drug-likeness (QED) is 0.790. The van der Waals surface area contributed by atoms with E-state index < -0.39 is 5.60 Å². The van der Waals surface area contributed by atoms with Crippen LogP contribution < -0.4 is 4.74 Å². The minimum Gasteiger partial charge on any atom is -0.490 e. The number of benzene rings is 1. The lowest BCUT2D eigenvalue weighted by Gasteiger charge is -2.37. The molecule has 1 atom stereocenters. The van der Waals surface area contributed by atoms with Crippen LogP contribution in [0, 0.1) is 13.8 Å². The SMILES string of the molecule is COCC(=O)N1CCN(C2CCCCC2)CC(O)(COc2ccc(C)c(C)c2)C1. The summed E-state index contributed by atoms with van der Waals surface area (Å²) in [6.07, 6.45) is 6.11. The number of β-amino-alcohol motifs (C(OH)–C–C–N with tert-alkyl or cyclic N) is 1. The average molecular weight is 405 g/mol. The summed E-state index contributed by atoms with van der Waals surface area (Å²) in [5.41, 5.74) is 1.26. The molecule has 6 heteroatoms. The van der Waals surface area contributed by atoms with Gasteiger partial charge in [0.25, 0.3) is 0 Å². The molecule has 1 N–H and O–H groups in total. The Balaban J connectivity index is 1.74. The lowest BCUT2D eigenvalue weighted by molar-refractivity contribution is -0.138. The molecular formula is C23H36N2O4. The number of hydrogen-bond acceptors (Lipinski definition) is 5. The summed E-state index contributed by atoms with van der Waals surface area (Å²) in [5, 5.41) is 11.5. The lowest BCUT2D eigenvalue weighted by atomic mass is 9.93. The van der Waals surface area contributed by atoms with Crippen LogP contribution in [0.1, 0.15) is 43.2 Å². The molecule has 3 rings (SSSR count). The smallest absolute Gasteiger partial charge is 0.248 e. The van der Waals surface area contributed by atoms with Gasteiger partial charge in [-0.15, -0.1) is 0 Å². The third-order valence-electron chi connectivity index (χ3n) is 6.34. The third kappa shape index (κ3) is 5.93. The maximum Gasteiger partial charge on any atom is 0.248 e. The zero-order valence-corrected chi connectivity index (χ0v) is 18.2. The normalized spacial score (nSPS) is 24.3. The Labute approximate surface area is 174 Å². The van der Waals surface area contributed by atoms with Crippen LogP contribution in [0.15, 0.2) is 18.2 Å². The third-order valence-corrected chi connectivity index (χ3v) is 6.34. The van der Waals surface area contributed by atoms with E-state index in [1.165, 1.54) is 44.8 Å². The van der Waals surface area contributed by atoms with Gasteiger partial charge in [-0.2, -0.15) is 0 Å². The molecule has 1 saturated heterocycles. The molecule has 0 radical (unpaired) electrons. The standard InChI is InChI=1S/C23H36N2O4/c1-18-9-10-21(13-19(18)2)29-17-23(27)15-24(20-7-5-4-6-8-20)11-12-25(16-23)22(26)14-28-3/h9-10,13,20,27H,4-8,11-12,14-17H2,1-3H3. The van der Waals surface area contributed by atoms with Gasteiger partial charge in [0.2, 0.25) is 5.91 Å². The van der Waals surface area contributed by atoms with Crippen molar-refractivity contribution in [2.24, 2.45) is 0 Å². The molecule has 2 aliphatic rings. The van der Waals surface area contributed by atoms with Crippen LogP contribution >= 0.6 is 0 Å². The van der Waals surface area contributed by atoms with Crippen molar-refractivity contribution in [1.29, 1.82) is 0 Å². The van der Waals surface area contributed by atoms with E-state index in [4.69, 9.17) is 9.47 Å². The highest BCUT2D eigenvalue weighted by molar-refractivity contribution is 5.77. The Hall–Kier alpha value is -1.63. The number of aliphatic hydroxyl groups is 1. The van der Waals surface area contributed by atoms with Crippen LogP contribution in [0.4, 0.5) is 0 Å². The van der Waals surface area contributed by atoms with Crippen molar-refractivity contribution in [1.82, 2.24) is 9.80 Å². The van der Waals surface area contributed by atoms with Crippen LogP contribution in [0.2, 0.25) is 0 Å². The molecule has 6 nitrogen and oxygen atoms in total. The second-order valence-electron chi connectivity index (χ2n) is 8.77. The summed E-state index contributed by atoms with van der Waals surface area (Å²) in [5.74, 6) is 0.673. The molecule has 29 heavy (non-hydrogen) atoms. The summed E-state index contributed by atoms with van der Waals surface area (Å²) < 4.78 is 11.1. The largest absolute Gasteiger partial charge is 0.490 e. The first-order chi connectivity index (χ1) is 13.9. The van der Waals surface area contributed by atoms with Gasteiger partial charge in [0.1, 0.15) is 24.6 Å². The topological polar surface area (TPSA) is 62.2 Å². The van der Waals surface area contributed by atoms with Crippen LogP contribution in [-0.4, -0.2) is 79.0 Å². The fourth-order valence-corrected chi connectivity index (χ4v) is 4.49. The number of methoxy groups -OCH3 is 1. The molecule has 0 aromatic heterocycles. The van der Waals surface area contributed by atoms with Gasteiger partial charge in [-0.05, 0) is 49.9 Å². The lowest BCUT2D eigenvalue weighted by Crippen LogP contribution is -2.54. The minimum absolute atomic E-state index is 0.0392. The van der Waals surface area contributed by atoms with Crippen molar-refractivity contribution < 1.29 is 19.4 Å². The maximum atomic E-state index is 12.5. The van der Waals surface area contributed by atoms with E-state index in [9.17, 15) is 9.90 Å². The van der Waals surface area contributed by atoms with Crippen molar-refractivity contribution in [2.75, 3.05) is 46.5 Å². The highest BCUT2D eigenvalue weighted by Crippen LogP contribution is 2.27. The van der Waals surface area contributed by atoms with Crippen LogP contribution in [0.5, 0.6) is 5.75 Å². The molecule has 1 aromatic rings. The predicted molar refractivity (Wildman–Crippen MR) is 113 cm³/mol. The van der Waals surface area contributed by atoms with Gasteiger partial charge in [0, 0.05) is 32.8 Å². The second-order valence-corrected chi connectivity index (χ2v) is 8.77. The summed E-state index contributed by atoms with van der Waals surface area (Å²) in [7, 11) is 1.53. The number of carbonyl (C=O) groups excluding carboxylic acids is 1. The summed E-state index contributed by atoms with van der Waals surface area (Å²) in [4.78, 5) is 16.6. The van der Waals surface area contributed by atoms with E-state index in [1.54, 1.807) is 4.90 Å². The number of rotatable bonds is 6. The first-order valence-corrected chi connectivity index (χ1v) is 10.8. The molecule has 1 saturated carbocycles. The summed E-state index contributed by atoms with van der Waals surface area (Å²) in [6, 6.07) is 6.45. The number of ether oxygens (including phenoxy) is 2. The number of amides is 1. The first kappa shape index (κ1) is 22.1. The Kier molecular flexibility index (Phi) is 7.55. The Morgan fingerprint density at radius 3 is 2.59 bits per heavy atom. The fourth-order valence-electron chi connectivity index (χ4n) is 4.49. The molecule has 2 fully saturated rings. The maximum absolute atomic E-state index is 12.5. The molecule has 1 unspecified atom stereocenters. The molecule has 0 spiro atoms. The van der Waals surface area contributed by atoms with Crippen LogP contribution in [0.25, 0.3) is 0 Å². The minimum atomic E-state index is -1.11. The van der Waals surface area contributed by atoms with Crippen molar-refractivity contribution >= 4 is 5.91 Å². The molecule has 162 valence electrons. The van der Waals surface area contributed by atoms with Gasteiger partial charge in [-0.1, -0.05) is 25.3 Å². The van der Waals surface area contributed by atoms with Gasteiger partial charge in [-0.25, -0.2) is 0 Å². The van der Waals surface area contributed by atoms with Crippen molar-refractivity contribution in [3.8, 4) is 5.75 Å². The molecule has 1 heterocycles. The number of aryl methyl sites for hydroxylation is 2. The van der Waals surface area contributed by atoms with Crippen molar-refractivity contribution in [3.05, 3.63) is 29.3 Å². The van der Waals surface area contributed by atoms with Crippen molar-refractivity contribution in [2.45, 2.75) is 57.6 Å². The average Bonchev–Trinajstić information content (AvgIpc) is 2.89. The monoisotopic (exact) mass is 404 g/mol. The van der Waals surface area contributed by atoms with E-state index in [0.717, 1.165) is 17.9 Å². The molecule has 1 amide bonds. The second kappa shape index (κ2) is 9.92. The van der Waals surface area contributed by atoms with Crippen LogP contribution in [-0.2, 0) is 9.53 Å². The molecule has 0 bridgehead atoms. The Bertz CT molecular complexity index is 689. The van der Waals surface area contributed by atoms with Crippen molar-refractivity contribution in [3.63, 3.8) is 0 Å². The van der Waals surface area contributed by atoms with Gasteiger partial charge < -0.3 is 19.5 Å². The van der Waals surface area contributed by atoms with Gasteiger partial charge in [-0.3, -0.25) is 9.69 Å². The van der Waals surface area contributed by atoms with E-state index >= 15 is 0 Å². The first-order valence-electron chi connectivity index (χ1n) is 10.8. The Morgan fingerprint density at radius 2 is 1.90 bits per heavy atom. The molecule has 1 aliphatic carbocycles. The Morgan fingerprint density at radius 1 is 1.14 bits per heavy atom. The van der Waals surface area contributed by atoms with E-state index in [-0.39, 0.29) is 25.7 Å². The summed E-state index contributed by atoms with van der Waals surface area (Å²) in [6.45, 7) is 6.52. The summed E-state index contributed by atoms with van der Waals surface area (Å²) >= 11 is 0. The van der Waals surface area contributed by atoms with E-state index in [1.807, 2.05) is 18.2 Å². The van der Waals surface area contributed by atoms with Gasteiger partial charge >= 0.3 is 0 Å². The van der Waals surface area contributed by atoms with Gasteiger partial charge in [0.15, 0.2) is 0 Å². The number of hydrogen-bond donors (Lipinski definition) is 1. The molecular weight excluding hydrogens is 368 g/mol.